The second kappa shape index (κ2) is 10.4. The molecule has 1 aliphatic rings. The molecule has 6 heteroatoms. The second-order valence-electron chi connectivity index (χ2n) is 10.5. The van der Waals surface area contributed by atoms with E-state index in [0.717, 1.165) is 71.1 Å². The quantitative estimate of drug-likeness (QED) is 0.554. The molecule has 36 heavy (non-hydrogen) atoms. The van der Waals surface area contributed by atoms with E-state index in [4.69, 9.17) is 4.98 Å². The van der Waals surface area contributed by atoms with E-state index in [2.05, 4.69) is 55.0 Å². The predicted octanol–water partition coefficient (Wildman–Crippen LogP) is 4.55. The Hall–Kier alpha value is -3.22. The fourth-order valence-corrected chi connectivity index (χ4v) is 5.04. The van der Waals surface area contributed by atoms with Crippen LogP contribution in [-0.4, -0.2) is 61.2 Å². The zero-order valence-corrected chi connectivity index (χ0v) is 22.4. The summed E-state index contributed by atoms with van der Waals surface area (Å²) in [7, 11) is 3.96. The van der Waals surface area contributed by atoms with Gasteiger partial charge in [0.05, 0.1) is 23.9 Å². The number of hydrogen-bond acceptors (Lipinski definition) is 5. The molecule has 4 rings (SSSR count). The summed E-state index contributed by atoms with van der Waals surface area (Å²) in [6.07, 6.45) is 1.81. The van der Waals surface area contributed by atoms with Crippen molar-refractivity contribution in [1.29, 1.82) is 0 Å². The average Bonchev–Trinajstić information content (AvgIpc) is 2.87. The minimum Gasteiger partial charge on any atom is -0.392 e. The van der Waals surface area contributed by atoms with E-state index in [1.807, 2.05) is 51.4 Å². The fraction of sp³-hybridized carbons (Fsp3) is 0.400. The number of carbonyl (C=O) groups excluding carboxylic acids is 1. The lowest BCUT2D eigenvalue weighted by atomic mass is 9.81. The Balaban J connectivity index is 1.78. The van der Waals surface area contributed by atoms with Crippen LogP contribution >= 0.6 is 0 Å². The highest BCUT2D eigenvalue weighted by atomic mass is 16.3. The van der Waals surface area contributed by atoms with Gasteiger partial charge in [0.2, 0.25) is 5.91 Å². The van der Waals surface area contributed by atoms with Crippen LogP contribution in [0.5, 0.6) is 0 Å². The normalized spacial score (nSPS) is 14.7. The SMILES string of the molecule is Cc1cc(C)cc(C(C)(C)C(=O)N(C)c2cnc(N3CCN(C)CC3)cc2-c2ccccc2CO)c1. The largest absolute Gasteiger partial charge is 0.392 e. The highest BCUT2D eigenvalue weighted by Crippen LogP contribution is 2.37. The fourth-order valence-electron chi connectivity index (χ4n) is 5.04. The lowest BCUT2D eigenvalue weighted by Gasteiger charge is -2.34. The summed E-state index contributed by atoms with van der Waals surface area (Å²) in [5, 5.41) is 10.1. The van der Waals surface area contributed by atoms with Crippen molar-refractivity contribution in [2.24, 2.45) is 0 Å². The molecule has 0 aliphatic carbocycles. The van der Waals surface area contributed by atoms with Gasteiger partial charge in [-0.2, -0.15) is 0 Å². The van der Waals surface area contributed by atoms with E-state index < -0.39 is 5.41 Å². The van der Waals surface area contributed by atoms with Crippen LogP contribution in [0.2, 0.25) is 0 Å². The summed E-state index contributed by atoms with van der Waals surface area (Å²) in [6, 6.07) is 16.2. The van der Waals surface area contributed by atoms with Crippen LogP contribution in [0.25, 0.3) is 11.1 Å². The third-order valence-corrected chi connectivity index (χ3v) is 7.32. The standard InChI is InChI=1S/C30H38N4O2/c1-21-15-22(2)17-24(16-21)30(3,4)29(36)33(6)27-19-31-28(34-13-11-32(5)12-14-34)18-26(27)25-10-8-7-9-23(25)20-35/h7-10,15-19,35H,11-14,20H2,1-6H3. The lowest BCUT2D eigenvalue weighted by Crippen LogP contribution is -2.45. The number of aryl methyl sites for hydroxylation is 2. The number of pyridine rings is 1. The number of benzene rings is 2. The first-order valence-electron chi connectivity index (χ1n) is 12.6. The van der Waals surface area contributed by atoms with Crippen LogP contribution in [0.3, 0.4) is 0 Å². The summed E-state index contributed by atoms with van der Waals surface area (Å²) < 4.78 is 0. The third-order valence-electron chi connectivity index (χ3n) is 7.32. The number of rotatable bonds is 6. The molecular weight excluding hydrogens is 448 g/mol. The molecule has 190 valence electrons. The summed E-state index contributed by atoms with van der Waals surface area (Å²) in [4.78, 5) is 25.1. The van der Waals surface area contributed by atoms with Gasteiger partial charge in [0.25, 0.3) is 0 Å². The van der Waals surface area contributed by atoms with E-state index in [9.17, 15) is 9.90 Å². The molecule has 1 aliphatic heterocycles. The molecule has 1 aromatic heterocycles. The van der Waals surface area contributed by atoms with Gasteiger partial charge in [-0.25, -0.2) is 4.98 Å². The van der Waals surface area contributed by atoms with E-state index in [1.165, 1.54) is 0 Å². The topological polar surface area (TPSA) is 59.9 Å². The third kappa shape index (κ3) is 5.15. The van der Waals surface area contributed by atoms with Gasteiger partial charge in [-0.1, -0.05) is 53.6 Å². The number of aromatic nitrogens is 1. The Morgan fingerprint density at radius 3 is 2.28 bits per heavy atom. The van der Waals surface area contributed by atoms with E-state index in [-0.39, 0.29) is 12.5 Å². The minimum absolute atomic E-state index is 0.00984. The molecule has 0 radical (unpaired) electrons. The van der Waals surface area contributed by atoms with Crippen LogP contribution in [0.4, 0.5) is 11.5 Å². The van der Waals surface area contributed by atoms with Crippen molar-refractivity contribution in [2.45, 2.75) is 39.7 Å². The molecule has 2 aromatic carbocycles. The number of hydrogen-bond donors (Lipinski definition) is 1. The van der Waals surface area contributed by atoms with Crippen molar-refractivity contribution in [1.82, 2.24) is 9.88 Å². The average molecular weight is 487 g/mol. The van der Waals surface area contributed by atoms with E-state index >= 15 is 0 Å². The highest BCUT2D eigenvalue weighted by molar-refractivity contribution is 6.03. The zero-order valence-electron chi connectivity index (χ0n) is 22.4. The zero-order chi connectivity index (χ0) is 26.0. The van der Waals surface area contributed by atoms with Gasteiger partial charge in [0.1, 0.15) is 5.82 Å². The Morgan fingerprint density at radius 1 is 1.00 bits per heavy atom. The molecule has 2 heterocycles. The smallest absolute Gasteiger partial charge is 0.236 e. The first-order valence-corrected chi connectivity index (χ1v) is 12.6. The van der Waals surface area contributed by atoms with Gasteiger partial charge < -0.3 is 19.8 Å². The van der Waals surface area contributed by atoms with Crippen molar-refractivity contribution in [3.05, 3.63) is 77.0 Å². The second-order valence-corrected chi connectivity index (χ2v) is 10.5. The van der Waals surface area contributed by atoms with Gasteiger partial charge in [-0.05, 0) is 57.5 Å². The number of piperazine rings is 1. The lowest BCUT2D eigenvalue weighted by molar-refractivity contribution is -0.122. The number of anilines is 2. The van der Waals surface area contributed by atoms with Crippen LogP contribution in [0, 0.1) is 13.8 Å². The van der Waals surface area contributed by atoms with Crippen LogP contribution < -0.4 is 9.80 Å². The van der Waals surface area contributed by atoms with Gasteiger partial charge in [-0.3, -0.25) is 4.79 Å². The maximum atomic E-state index is 14.0. The molecule has 1 fully saturated rings. The van der Waals surface area contributed by atoms with Crippen molar-refractivity contribution in [2.75, 3.05) is 50.1 Å². The molecular formula is C30H38N4O2. The van der Waals surface area contributed by atoms with Gasteiger partial charge in [0, 0.05) is 38.8 Å². The van der Waals surface area contributed by atoms with Crippen molar-refractivity contribution in [3.63, 3.8) is 0 Å². The first kappa shape index (κ1) is 25.9. The van der Waals surface area contributed by atoms with Crippen molar-refractivity contribution >= 4 is 17.4 Å². The molecule has 0 saturated carbocycles. The van der Waals surface area contributed by atoms with E-state index in [1.54, 1.807) is 4.90 Å². The monoisotopic (exact) mass is 486 g/mol. The molecule has 3 aromatic rings. The number of amides is 1. The van der Waals surface area contributed by atoms with Gasteiger partial charge in [-0.15, -0.1) is 0 Å². The minimum atomic E-state index is -0.727. The van der Waals surface area contributed by atoms with Crippen LogP contribution in [0.15, 0.2) is 54.7 Å². The number of aliphatic hydroxyl groups excluding tert-OH is 1. The van der Waals surface area contributed by atoms with Crippen LogP contribution in [-0.2, 0) is 16.8 Å². The number of nitrogens with zero attached hydrogens (tertiary/aromatic N) is 4. The Morgan fingerprint density at radius 2 is 1.64 bits per heavy atom. The maximum Gasteiger partial charge on any atom is 0.236 e. The molecule has 1 saturated heterocycles. The summed E-state index contributed by atoms with van der Waals surface area (Å²) in [5.41, 5.74) is 5.92. The summed E-state index contributed by atoms with van der Waals surface area (Å²) in [5.74, 6) is 0.883. The molecule has 1 N–H and O–H groups in total. The molecule has 0 spiro atoms. The Labute approximate surface area is 215 Å². The first-order chi connectivity index (χ1) is 17.1. The Bertz CT molecular complexity index is 1230. The Kier molecular flexibility index (Phi) is 7.48. The highest BCUT2D eigenvalue weighted by Gasteiger charge is 2.34. The van der Waals surface area contributed by atoms with Crippen LogP contribution in [0.1, 0.15) is 36.1 Å². The summed E-state index contributed by atoms with van der Waals surface area (Å²) >= 11 is 0. The van der Waals surface area contributed by atoms with Crippen molar-refractivity contribution < 1.29 is 9.90 Å². The number of likely N-dealkylation sites (N-methyl/N-ethyl adjacent to an activating group) is 2. The maximum absolute atomic E-state index is 14.0. The number of aliphatic hydroxyl groups is 1. The molecule has 0 atom stereocenters. The molecule has 1 amide bonds. The molecule has 0 bridgehead atoms. The summed E-state index contributed by atoms with van der Waals surface area (Å²) in [6.45, 7) is 11.8. The molecule has 6 nitrogen and oxygen atoms in total. The van der Waals surface area contributed by atoms with Gasteiger partial charge >= 0.3 is 0 Å². The van der Waals surface area contributed by atoms with Gasteiger partial charge in [0.15, 0.2) is 0 Å². The van der Waals surface area contributed by atoms with E-state index in [0.29, 0.717) is 0 Å². The predicted molar refractivity (Wildman–Crippen MR) is 148 cm³/mol. The molecule has 0 unspecified atom stereocenters. The van der Waals surface area contributed by atoms with Crippen molar-refractivity contribution in [3.8, 4) is 11.1 Å². The number of carbonyl (C=O) groups is 1.